The topological polar surface area (TPSA) is 98.0 Å². The molecule has 1 heterocycles. The van der Waals surface area contributed by atoms with Gasteiger partial charge in [-0.3, -0.25) is 4.79 Å². The number of aliphatic hydroxyl groups excluding tert-OH is 1. The summed E-state index contributed by atoms with van der Waals surface area (Å²) >= 11 is 0. The molecule has 1 aliphatic carbocycles. The van der Waals surface area contributed by atoms with Crippen LogP contribution in [0.25, 0.3) is 0 Å². The molecule has 1 aliphatic rings. The largest absolute Gasteiger partial charge is 0.396 e. The highest BCUT2D eigenvalue weighted by Crippen LogP contribution is 2.25. The van der Waals surface area contributed by atoms with E-state index in [9.17, 15) is 9.59 Å². The standard InChI is InChI=1S/C10H15N3O3/c14-5-6-2-1-3-7(6)12-9(15)8-4-11-10(16)13-8/h4,6-7,14H,1-3,5H2,(H,12,15)(H2,11,13,16). The average molecular weight is 225 g/mol. The second-order valence-corrected chi connectivity index (χ2v) is 4.11. The minimum atomic E-state index is -0.393. The van der Waals surface area contributed by atoms with Crippen LogP contribution in [-0.2, 0) is 0 Å². The monoisotopic (exact) mass is 225 g/mol. The third-order valence-corrected chi connectivity index (χ3v) is 3.05. The highest BCUT2D eigenvalue weighted by atomic mass is 16.3. The molecule has 0 aromatic carbocycles. The van der Waals surface area contributed by atoms with E-state index in [2.05, 4.69) is 15.3 Å². The summed E-state index contributed by atoms with van der Waals surface area (Å²) in [7, 11) is 0. The molecule has 2 unspecified atom stereocenters. The van der Waals surface area contributed by atoms with Crippen molar-refractivity contribution in [1.29, 1.82) is 0 Å². The summed E-state index contributed by atoms with van der Waals surface area (Å²) in [6.45, 7) is 0.0919. The number of nitrogens with one attached hydrogen (secondary N) is 3. The molecule has 0 bridgehead atoms. The lowest BCUT2D eigenvalue weighted by molar-refractivity contribution is 0.0911. The minimum Gasteiger partial charge on any atom is -0.396 e. The van der Waals surface area contributed by atoms with Crippen molar-refractivity contribution < 1.29 is 9.90 Å². The van der Waals surface area contributed by atoms with E-state index in [0.29, 0.717) is 0 Å². The number of carbonyl (C=O) groups excluding carboxylic acids is 1. The van der Waals surface area contributed by atoms with Crippen LogP contribution in [0.4, 0.5) is 0 Å². The normalized spacial score (nSPS) is 24.6. The smallest absolute Gasteiger partial charge is 0.323 e. The molecule has 1 fully saturated rings. The van der Waals surface area contributed by atoms with Gasteiger partial charge in [-0.2, -0.15) is 0 Å². The lowest BCUT2D eigenvalue weighted by atomic mass is 10.1. The van der Waals surface area contributed by atoms with Gasteiger partial charge < -0.3 is 20.4 Å². The predicted molar refractivity (Wildman–Crippen MR) is 57.1 cm³/mol. The van der Waals surface area contributed by atoms with E-state index in [1.54, 1.807) is 0 Å². The van der Waals surface area contributed by atoms with Crippen LogP contribution < -0.4 is 11.0 Å². The van der Waals surface area contributed by atoms with E-state index in [4.69, 9.17) is 5.11 Å². The van der Waals surface area contributed by atoms with Crippen LogP contribution in [0, 0.1) is 5.92 Å². The molecule has 2 rings (SSSR count). The summed E-state index contributed by atoms with van der Waals surface area (Å²) in [5.41, 5.74) is -0.163. The van der Waals surface area contributed by atoms with Gasteiger partial charge in [0.15, 0.2) is 0 Å². The molecule has 0 spiro atoms. The molecule has 16 heavy (non-hydrogen) atoms. The fourth-order valence-electron chi connectivity index (χ4n) is 2.15. The van der Waals surface area contributed by atoms with Crippen molar-refractivity contribution in [3.8, 4) is 0 Å². The maximum atomic E-state index is 11.7. The molecule has 0 radical (unpaired) electrons. The first kappa shape index (κ1) is 10.9. The second-order valence-electron chi connectivity index (χ2n) is 4.11. The number of hydrogen-bond acceptors (Lipinski definition) is 3. The molecule has 6 nitrogen and oxygen atoms in total. The van der Waals surface area contributed by atoms with E-state index >= 15 is 0 Å². The van der Waals surface area contributed by atoms with E-state index < -0.39 is 5.69 Å². The zero-order chi connectivity index (χ0) is 11.5. The zero-order valence-electron chi connectivity index (χ0n) is 8.82. The molecule has 6 heteroatoms. The number of carbonyl (C=O) groups is 1. The van der Waals surface area contributed by atoms with Gasteiger partial charge in [0.1, 0.15) is 5.69 Å². The fourth-order valence-corrected chi connectivity index (χ4v) is 2.15. The maximum absolute atomic E-state index is 11.7. The third-order valence-electron chi connectivity index (χ3n) is 3.05. The van der Waals surface area contributed by atoms with Gasteiger partial charge in [0.2, 0.25) is 0 Å². The summed E-state index contributed by atoms with van der Waals surface area (Å²) < 4.78 is 0. The molecule has 2 atom stereocenters. The quantitative estimate of drug-likeness (QED) is 0.563. The summed E-state index contributed by atoms with van der Waals surface area (Å²) in [5.74, 6) is -0.168. The van der Waals surface area contributed by atoms with Gasteiger partial charge in [-0.15, -0.1) is 0 Å². The molecular formula is C10H15N3O3. The van der Waals surface area contributed by atoms with E-state index in [0.717, 1.165) is 19.3 Å². The summed E-state index contributed by atoms with van der Waals surface area (Å²) in [5, 5.41) is 11.9. The van der Waals surface area contributed by atoms with Crippen molar-refractivity contribution in [2.24, 2.45) is 5.92 Å². The SMILES string of the molecule is O=C(NC1CCCC1CO)c1c[nH]c(=O)[nH]1. The molecule has 1 saturated carbocycles. The minimum absolute atomic E-state index is 0.0101. The van der Waals surface area contributed by atoms with Gasteiger partial charge in [0.25, 0.3) is 5.91 Å². The van der Waals surface area contributed by atoms with Crippen LogP contribution in [-0.4, -0.2) is 33.6 Å². The lowest BCUT2D eigenvalue weighted by Crippen LogP contribution is -2.38. The maximum Gasteiger partial charge on any atom is 0.323 e. The highest BCUT2D eigenvalue weighted by Gasteiger charge is 2.28. The first-order valence-electron chi connectivity index (χ1n) is 5.40. The average Bonchev–Trinajstić information content (AvgIpc) is 2.86. The predicted octanol–water partition coefficient (Wildman–Crippen LogP) is -0.406. The molecule has 1 amide bonds. The van der Waals surface area contributed by atoms with Crippen LogP contribution in [0.5, 0.6) is 0 Å². The summed E-state index contributed by atoms with van der Waals surface area (Å²) in [6.07, 6.45) is 4.18. The third kappa shape index (κ3) is 2.16. The molecule has 4 N–H and O–H groups in total. The molecule has 1 aromatic heterocycles. The van der Waals surface area contributed by atoms with Gasteiger partial charge in [-0.25, -0.2) is 4.79 Å². The Morgan fingerprint density at radius 1 is 1.56 bits per heavy atom. The Bertz CT molecular complexity index is 423. The van der Waals surface area contributed by atoms with Crippen molar-refractivity contribution in [1.82, 2.24) is 15.3 Å². The second kappa shape index (κ2) is 4.52. The number of H-pyrrole nitrogens is 2. The van der Waals surface area contributed by atoms with Gasteiger partial charge in [-0.05, 0) is 12.8 Å². The molecule has 0 aliphatic heterocycles. The summed E-state index contributed by atoms with van der Waals surface area (Å²) in [4.78, 5) is 27.3. The van der Waals surface area contributed by atoms with Gasteiger partial charge in [0, 0.05) is 24.8 Å². The van der Waals surface area contributed by atoms with Crippen LogP contribution in [0.15, 0.2) is 11.0 Å². The Morgan fingerprint density at radius 2 is 2.38 bits per heavy atom. The van der Waals surface area contributed by atoms with Gasteiger partial charge in [0.05, 0.1) is 0 Å². The zero-order valence-corrected chi connectivity index (χ0v) is 8.82. The van der Waals surface area contributed by atoms with Crippen LogP contribution in [0.2, 0.25) is 0 Å². The Balaban J connectivity index is 1.99. The van der Waals surface area contributed by atoms with Crippen molar-refractivity contribution >= 4 is 5.91 Å². The van der Waals surface area contributed by atoms with Crippen molar-refractivity contribution in [3.63, 3.8) is 0 Å². The Labute approximate surface area is 92.1 Å². The lowest BCUT2D eigenvalue weighted by Gasteiger charge is -2.18. The number of aliphatic hydroxyl groups is 1. The fraction of sp³-hybridized carbons (Fsp3) is 0.600. The number of aromatic nitrogens is 2. The van der Waals surface area contributed by atoms with Gasteiger partial charge in [-0.1, -0.05) is 6.42 Å². The van der Waals surface area contributed by atoms with Crippen LogP contribution in [0.3, 0.4) is 0 Å². The molecule has 1 aromatic rings. The number of hydrogen-bond donors (Lipinski definition) is 4. The molecule has 0 saturated heterocycles. The van der Waals surface area contributed by atoms with Crippen molar-refractivity contribution in [3.05, 3.63) is 22.4 Å². The van der Waals surface area contributed by atoms with E-state index in [1.165, 1.54) is 6.20 Å². The first-order valence-corrected chi connectivity index (χ1v) is 5.40. The molecule has 88 valence electrons. The summed E-state index contributed by atoms with van der Waals surface area (Å²) in [6, 6.07) is 0.0101. The number of rotatable bonds is 3. The number of aromatic amines is 2. The number of imidazole rings is 1. The first-order chi connectivity index (χ1) is 7.70. The van der Waals surface area contributed by atoms with E-state index in [-0.39, 0.29) is 30.2 Å². The van der Waals surface area contributed by atoms with Crippen LogP contribution in [0.1, 0.15) is 29.8 Å². The van der Waals surface area contributed by atoms with Crippen molar-refractivity contribution in [2.75, 3.05) is 6.61 Å². The Hall–Kier alpha value is -1.56. The highest BCUT2D eigenvalue weighted by molar-refractivity contribution is 5.92. The van der Waals surface area contributed by atoms with Crippen LogP contribution >= 0.6 is 0 Å². The Morgan fingerprint density at radius 3 is 3.00 bits per heavy atom. The molecular weight excluding hydrogens is 210 g/mol. The van der Waals surface area contributed by atoms with E-state index in [1.807, 2.05) is 0 Å². The number of amides is 1. The Kier molecular flexibility index (Phi) is 3.09. The van der Waals surface area contributed by atoms with Gasteiger partial charge >= 0.3 is 5.69 Å². The van der Waals surface area contributed by atoms with Crippen molar-refractivity contribution in [2.45, 2.75) is 25.3 Å².